The summed E-state index contributed by atoms with van der Waals surface area (Å²) in [5, 5.41) is 8.94. The van der Waals surface area contributed by atoms with Crippen LogP contribution >= 0.6 is 11.8 Å². The highest BCUT2D eigenvalue weighted by Crippen LogP contribution is 2.28. The molecule has 0 aromatic heterocycles. The zero-order valence-electron chi connectivity index (χ0n) is 9.18. The van der Waals surface area contributed by atoms with E-state index in [1.165, 1.54) is 0 Å². The minimum Gasteiger partial charge on any atom is -0.481 e. The molecule has 2 unspecified atom stereocenters. The van der Waals surface area contributed by atoms with Crippen LogP contribution < -0.4 is 4.72 Å². The topological polar surface area (TPSA) is 83.5 Å². The standard InChI is InChI=1S/C9H17NO4S2/c1-15-8-3-2-7(6-8)10-16(13,14)5-4-9(11)12/h7-8,10H,2-6H2,1H3,(H,11,12). The lowest BCUT2D eigenvalue weighted by Gasteiger charge is -2.12. The van der Waals surface area contributed by atoms with Crippen molar-refractivity contribution in [3.05, 3.63) is 0 Å². The number of thioether (sulfide) groups is 1. The summed E-state index contributed by atoms with van der Waals surface area (Å²) in [6, 6.07) is -0.0174. The highest BCUT2D eigenvalue weighted by molar-refractivity contribution is 7.99. The van der Waals surface area contributed by atoms with Gasteiger partial charge in [-0.1, -0.05) is 0 Å². The fourth-order valence-electron chi connectivity index (χ4n) is 1.80. The summed E-state index contributed by atoms with van der Waals surface area (Å²) in [5.74, 6) is -1.42. The number of hydrogen-bond acceptors (Lipinski definition) is 4. The van der Waals surface area contributed by atoms with Crippen molar-refractivity contribution in [1.82, 2.24) is 4.72 Å². The van der Waals surface area contributed by atoms with Crippen molar-refractivity contribution in [1.29, 1.82) is 0 Å². The third-order valence-electron chi connectivity index (χ3n) is 2.65. The Balaban J connectivity index is 2.38. The molecule has 0 spiro atoms. The molecule has 7 heteroatoms. The largest absolute Gasteiger partial charge is 0.481 e. The summed E-state index contributed by atoms with van der Waals surface area (Å²) >= 11 is 1.75. The average molecular weight is 267 g/mol. The highest BCUT2D eigenvalue weighted by atomic mass is 32.2. The van der Waals surface area contributed by atoms with E-state index in [0.29, 0.717) is 5.25 Å². The molecule has 0 amide bonds. The lowest BCUT2D eigenvalue weighted by Crippen LogP contribution is -2.35. The summed E-state index contributed by atoms with van der Waals surface area (Å²) in [6.07, 6.45) is 4.39. The zero-order valence-corrected chi connectivity index (χ0v) is 10.8. The van der Waals surface area contributed by atoms with Crippen molar-refractivity contribution in [3.8, 4) is 0 Å². The highest BCUT2D eigenvalue weighted by Gasteiger charge is 2.27. The van der Waals surface area contributed by atoms with E-state index in [1.807, 2.05) is 6.26 Å². The van der Waals surface area contributed by atoms with Gasteiger partial charge in [-0.05, 0) is 25.5 Å². The van der Waals surface area contributed by atoms with Gasteiger partial charge >= 0.3 is 5.97 Å². The van der Waals surface area contributed by atoms with Crippen LogP contribution in [0, 0.1) is 0 Å². The summed E-state index contributed by atoms with van der Waals surface area (Å²) in [7, 11) is -3.43. The van der Waals surface area contributed by atoms with Crippen molar-refractivity contribution in [2.75, 3.05) is 12.0 Å². The van der Waals surface area contributed by atoms with Crippen LogP contribution in [0.5, 0.6) is 0 Å². The molecule has 1 saturated carbocycles. The Hall–Kier alpha value is -0.270. The van der Waals surface area contributed by atoms with Gasteiger partial charge in [-0.3, -0.25) is 4.79 Å². The van der Waals surface area contributed by atoms with Gasteiger partial charge < -0.3 is 5.11 Å². The SMILES string of the molecule is CSC1CCC(NS(=O)(=O)CCC(=O)O)C1. The number of carboxylic acids is 1. The molecule has 1 aliphatic carbocycles. The molecular weight excluding hydrogens is 250 g/mol. The molecule has 2 N–H and O–H groups in total. The third-order valence-corrected chi connectivity index (χ3v) is 5.18. The fraction of sp³-hybridized carbons (Fsp3) is 0.889. The van der Waals surface area contributed by atoms with E-state index in [0.717, 1.165) is 19.3 Å². The van der Waals surface area contributed by atoms with Gasteiger partial charge in [0.15, 0.2) is 0 Å². The molecule has 0 saturated heterocycles. The van der Waals surface area contributed by atoms with Gasteiger partial charge in [0, 0.05) is 11.3 Å². The molecule has 0 bridgehead atoms. The van der Waals surface area contributed by atoms with Crippen molar-refractivity contribution in [3.63, 3.8) is 0 Å². The first-order valence-electron chi connectivity index (χ1n) is 5.17. The maximum Gasteiger partial charge on any atom is 0.304 e. The maximum atomic E-state index is 11.5. The van der Waals surface area contributed by atoms with E-state index in [1.54, 1.807) is 11.8 Å². The quantitative estimate of drug-likeness (QED) is 0.739. The Labute approximate surface area is 100 Å². The monoisotopic (exact) mass is 267 g/mol. The molecule has 94 valence electrons. The van der Waals surface area contributed by atoms with E-state index in [4.69, 9.17) is 5.11 Å². The van der Waals surface area contributed by atoms with Crippen LogP contribution in [-0.2, 0) is 14.8 Å². The summed E-state index contributed by atoms with van der Waals surface area (Å²) in [4.78, 5) is 10.3. The minimum atomic E-state index is -3.43. The summed E-state index contributed by atoms with van der Waals surface area (Å²) in [6.45, 7) is 0. The first kappa shape index (κ1) is 13.8. The summed E-state index contributed by atoms with van der Waals surface area (Å²) in [5.41, 5.74) is 0. The van der Waals surface area contributed by atoms with Gasteiger partial charge in [-0.25, -0.2) is 13.1 Å². The van der Waals surface area contributed by atoms with Gasteiger partial charge in [0.1, 0.15) is 0 Å². The predicted octanol–water partition coefficient (Wildman–Crippen LogP) is 0.665. The Kier molecular flexibility index (Phi) is 5.07. The number of carbonyl (C=O) groups is 1. The van der Waals surface area contributed by atoms with E-state index < -0.39 is 16.0 Å². The molecule has 1 fully saturated rings. The zero-order chi connectivity index (χ0) is 12.2. The molecular formula is C9H17NO4S2. The lowest BCUT2D eigenvalue weighted by molar-refractivity contribution is -0.136. The van der Waals surface area contributed by atoms with Gasteiger partial charge in [0.05, 0.1) is 12.2 Å². The number of sulfonamides is 1. The van der Waals surface area contributed by atoms with Gasteiger partial charge in [0.25, 0.3) is 0 Å². The van der Waals surface area contributed by atoms with Crippen LogP contribution in [0.25, 0.3) is 0 Å². The Bertz CT molecular complexity index is 341. The van der Waals surface area contributed by atoms with Crippen molar-refractivity contribution in [2.45, 2.75) is 37.0 Å². The molecule has 0 aromatic carbocycles. The van der Waals surface area contributed by atoms with Crippen LogP contribution in [-0.4, -0.2) is 42.8 Å². The number of aliphatic carboxylic acids is 1. The van der Waals surface area contributed by atoms with Gasteiger partial charge in [0.2, 0.25) is 10.0 Å². The van der Waals surface area contributed by atoms with Crippen molar-refractivity contribution in [2.24, 2.45) is 0 Å². The van der Waals surface area contributed by atoms with E-state index >= 15 is 0 Å². The third kappa shape index (κ3) is 4.71. The molecule has 1 rings (SSSR count). The first-order valence-corrected chi connectivity index (χ1v) is 8.11. The second-order valence-corrected chi connectivity index (χ2v) is 6.96. The fourth-order valence-corrected chi connectivity index (χ4v) is 3.88. The maximum absolute atomic E-state index is 11.5. The molecule has 0 radical (unpaired) electrons. The Morgan fingerprint density at radius 2 is 2.19 bits per heavy atom. The van der Waals surface area contributed by atoms with Crippen LogP contribution in [0.2, 0.25) is 0 Å². The molecule has 16 heavy (non-hydrogen) atoms. The number of carboxylic acid groups (broad SMARTS) is 1. The Morgan fingerprint density at radius 1 is 1.50 bits per heavy atom. The van der Waals surface area contributed by atoms with E-state index in [9.17, 15) is 13.2 Å². The van der Waals surface area contributed by atoms with Crippen LogP contribution in [0.15, 0.2) is 0 Å². The molecule has 0 aromatic rings. The molecule has 2 atom stereocenters. The van der Waals surface area contributed by atoms with Gasteiger partial charge in [-0.2, -0.15) is 11.8 Å². The first-order chi connectivity index (χ1) is 7.43. The average Bonchev–Trinajstić information content (AvgIpc) is 2.62. The minimum absolute atomic E-state index is 0.0174. The van der Waals surface area contributed by atoms with E-state index in [-0.39, 0.29) is 18.2 Å². The summed E-state index contributed by atoms with van der Waals surface area (Å²) < 4.78 is 25.6. The number of hydrogen-bond donors (Lipinski definition) is 2. The Morgan fingerprint density at radius 3 is 2.69 bits per heavy atom. The predicted molar refractivity (Wildman–Crippen MR) is 64.1 cm³/mol. The van der Waals surface area contributed by atoms with Crippen LogP contribution in [0.3, 0.4) is 0 Å². The smallest absolute Gasteiger partial charge is 0.304 e. The normalized spacial score (nSPS) is 25.8. The number of rotatable bonds is 6. The number of nitrogens with one attached hydrogen (secondary N) is 1. The molecule has 0 aliphatic heterocycles. The van der Waals surface area contributed by atoms with Crippen molar-refractivity contribution < 1.29 is 18.3 Å². The molecule has 5 nitrogen and oxygen atoms in total. The van der Waals surface area contributed by atoms with Crippen molar-refractivity contribution >= 4 is 27.8 Å². The second-order valence-electron chi connectivity index (χ2n) is 3.95. The lowest BCUT2D eigenvalue weighted by atomic mass is 10.3. The van der Waals surface area contributed by atoms with Crippen LogP contribution in [0.1, 0.15) is 25.7 Å². The molecule has 1 aliphatic rings. The van der Waals surface area contributed by atoms with E-state index in [2.05, 4.69) is 4.72 Å². The molecule has 0 heterocycles. The van der Waals surface area contributed by atoms with Crippen LogP contribution in [0.4, 0.5) is 0 Å². The van der Waals surface area contributed by atoms with Gasteiger partial charge in [-0.15, -0.1) is 0 Å². The second kappa shape index (κ2) is 5.88.